The zero-order valence-electron chi connectivity index (χ0n) is 29.7. The molecule has 0 fully saturated rings. The van der Waals surface area contributed by atoms with Gasteiger partial charge in [-0.05, 0) is 90.9 Å². The summed E-state index contributed by atoms with van der Waals surface area (Å²) in [5.74, 6) is -1.66. The minimum atomic E-state index is -0.683. The minimum absolute atomic E-state index is 0.0658. The number of nitrogens with one attached hydrogen (secondary N) is 3. The molecule has 5 aromatic rings. The standard InChI is InChI=1S/C42H40N4O5S2/c1-46(2)31-23-21-27(22-24-31)25-34(44-38(47)29-15-8-5-9-16-29)39(48)43-30-17-12-18-32(26-30)52-37(28-13-6-4-7-14-28)40(49)45-41-36(42(50)51-3)33-19-10-11-20-35(33)53-41/h4-9,12-18,21-26,37H,10-11,19-20H2,1-3H3,(H,43,48)(H,44,47)(H,45,49)/b34-25+. The highest BCUT2D eigenvalue weighted by molar-refractivity contribution is 8.00. The van der Waals surface area contributed by atoms with E-state index in [0.29, 0.717) is 21.8 Å². The number of thiophene rings is 1. The van der Waals surface area contributed by atoms with Gasteiger partial charge in [0.2, 0.25) is 5.91 Å². The van der Waals surface area contributed by atoms with Gasteiger partial charge >= 0.3 is 5.97 Å². The SMILES string of the molecule is COC(=O)c1c(NC(=O)C(Sc2cccc(NC(=O)/C(=C\c3ccc(N(C)C)cc3)NC(=O)c3ccccc3)c2)c2ccccc2)sc2c1CCCC2. The Labute approximate surface area is 317 Å². The van der Waals surface area contributed by atoms with Gasteiger partial charge in [-0.25, -0.2) is 4.79 Å². The molecule has 0 saturated heterocycles. The van der Waals surface area contributed by atoms with E-state index in [2.05, 4.69) is 16.0 Å². The molecule has 3 N–H and O–H groups in total. The van der Waals surface area contributed by atoms with Crippen molar-refractivity contribution in [3.05, 3.63) is 148 Å². The molecule has 1 atom stereocenters. The van der Waals surface area contributed by atoms with E-state index in [1.54, 1.807) is 48.5 Å². The first-order chi connectivity index (χ1) is 25.7. The zero-order chi connectivity index (χ0) is 37.3. The maximum absolute atomic E-state index is 14.1. The lowest BCUT2D eigenvalue weighted by Gasteiger charge is -2.18. The van der Waals surface area contributed by atoms with Crippen molar-refractivity contribution in [3.8, 4) is 0 Å². The van der Waals surface area contributed by atoms with Gasteiger partial charge in [-0.1, -0.05) is 66.7 Å². The highest BCUT2D eigenvalue weighted by Crippen LogP contribution is 2.41. The van der Waals surface area contributed by atoms with Gasteiger partial charge in [0.25, 0.3) is 11.8 Å². The lowest BCUT2D eigenvalue weighted by Crippen LogP contribution is -2.30. The summed E-state index contributed by atoms with van der Waals surface area (Å²) in [5, 5.41) is 8.61. The third-order valence-electron chi connectivity index (χ3n) is 8.73. The number of methoxy groups -OCH3 is 1. The third kappa shape index (κ3) is 9.24. The average Bonchev–Trinajstić information content (AvgIpc) is 3.55. The first-order valence-corrected chi connectivity index (χ1v) is 18.9. The second-order valence-electron chi connectivity index (χ2n) is 12.7. The molecule has 1 aliphatic rings. The van der Waals surface area contributed by atoms with Crippen LogP contribution >= 0.6 is 23.1 Å². The van der Waals surface area contributed by atoms with E-state index in [1.807, 2.05) is 85.7 Å². The van der Waals surface area contributed by atoms with Gasteiger partial charge in [-0.3, -0.25) is 14.4 Å². The van der Waals surface area contributed by atoms with Crippen molar-refractivity contribution in [1.82, 2.24) is 5.32 Å². The van der Waals surface area contributed by atoms with Crippen LogP contribution in [0.5, 0.6) is 0 Å². The van der Waals surface area contributed by atoms with Crippen LogP contribution in [0.25, 0.3) is 6.08 Å². The summed E-state index contributed by atoms with van der Waals surface area (Å²) >= 11 is 2.77. The number of anilines is 3. The Morgan fingerprint density at radius 2 is 1.53 bits per heavy atom. The van der Waals surface area contributed by atoms with E-state index < -0.39 is 23.0 Å². The predicted molar refractivity (Wildman–Crippen MR) is 214 cm³/mol. The molecule has 9 nitrogen and oxygen atoms in total. The van der Waals surface area contributed by atoms with Gasteiger partial charge in [-0.15, -0.1) is 23.1 Å². The summed E-state index contributed by atoms with van der Waals surface area (Å²) in [4.78, 5) is 57.8. The van der Waals surface area contributed by atoms with Gasteiger partial charge in [0.05, 0.1) is 12.7 Å². The molecule has 0 saturated carbocycles. The van der Waals surface area contributed by atoms with Crippen LogP contribution < -0.4 is 20.9 Å². The van der Waals surface area contributed by atoms with Crippen LogP contribution in [0.1, 0.15) is 60.4 Å². The van der Waals surface area contributed by atoms with Gasteiger partial charge < -0.3 is 25.6 Å². The third-order valence-corrected chi connectivity index (χ3v) is 11.2. The van der Waals surface area contributed by atoms with E-state index >= 15 is 0 Å². The number of benzene rings is 4. The number of carbonyl (C=O) groups excluding carboxylic acids is 4. The predicted octanol–water partition coefficient (Wildman–Crippen LogP) is 8.36. The molecule has 0 bridgehead atoms. The lowest BCUT2D eigenvalue weighted by atomic mass is 9.95. The average molecular weight is 745 g/mol. The monoisotopic (exact) mass is 744 g/mol. The van der Waals surface area contributed by atoms with E-state index in [-0.39, 0.29) is 11.6 Å². The maximum Gasteiger partial charge on any atom is 0.341 e. The number of amides is 3. The Hall–Kier alpha value is -5.65. The quantitative estimate of drug-likeness (QED) is 0.0668. The number of esters is 1. The fourth-order valence-corrected chi connectivity index (χ4v) is 8.37. The number of hydrogen-bond donors (Lipinski definition) is 3. The van der Waals surface area contributed by atoms with Gasteiger partial charge in [0, 0.05) is 40.8 Å². The lowest BCUT2D eigenvalue weighted by molar-refractivity contribution is -0.116. The molecule has 0 radical (unpaired) electrons. The molecule has 0 aliphatic heterocycles. The van der Waals surface area contributed by atoms with Crippen LogP contribution in [-0.2, 0) is 27.2 Å². The Kier molecular flexibility index (Phi) is 12.1. The van der Waals surface area contributed by atoms with E-state index in [0.717, 1.165) is 57.8 Å². The first kappa shape index (κ1) is 37.1. The number of nitrogens with zero attached hydrogens (tertiary/aromatic N) is 1. The molecule has 6 rings (SSSR count). The van der Waals surface area contributed by atoms with Crippen LogP contribution in [0.4, 0.5) is 16.4 Å². The van der Waals surface area contributed by atoms with Gasteiger partial charge in [0.15, 0.2) is 0 Å². The molecule has 11 heteroatoms. The number of thioether (sulfide) groups is 1. The van der Waals surface area contributed by atoms with E-state index in [4.69, 9.17) is 4.74 Å². The fourth-order valence-electron chi connectivity index (χ4n) is 6.01. The first-order valence-electron chi connectivity index (χ1n) is 17.2. The Morgan fingerprint density at radius 1 is 0.830 bits per heavy atom. The molecular formula is C42H40N4O5S2. The van der Waals surface area contributed by atoms with Gasteiger partial charge in [-0.2, -0.15) is 0 Å². The molecule has 1 heterocycles. The number of hydrogen-bond acceptors (Lipinski definition) is 8. The van der Waals surface area contributed by atoms with Crippen molar-refractivity contribution in [2.75, 3.05) is 36.7 Å². The summed E-state index contributed by atoms with van der Waals surface area (Å²) < 4.78 is 5.12. The summed E-state index contributed by atoms with van der Waals surface area (Å²) in [5.41, 5.74) is 4.88. The molecule has 4 aromatic carbocycles. The number of carbonyl (C=O) groups is 4. The summed E-state index contributed by atoms with van der Waals surface area (Å²) in [6, 6.07) is 33.0. The Bertz CT molecular complexity index is 2130. The molecule has 3 amide bonds. The number of fused-ring (bicyclic) bond motifs is 1. The number of aryl methyl sites for hydroxylation is 1. The van der Waals surface area contributed by atoms with Gasteiger partial charge in [0.1, 0.15) is 15.9 Å². The van der Waals surface area contributed by atoms with Crippen molar-refractivity contribution < 1.29 is 23.9 Å². The van der Waals surface area contributed by atoms with Crippen molar-refractivity contribution >= 4 is 69.2 Å². The van der Waals surface area contributed by atoms with Crippen LogP contribution in [0.2, 0.25) is 0 Å². The minimum Gasteiger partial charge on any atom is -0.465 e. The molecule has 1 aromatic heterocycles. The fraction of sp³-hybridized carbons (Fsp3) is 0.190. The summed E-state index contributed by atoms with van der Waals surface area (Å²) in [6.07, 6.45) is 5.30. The smallest absolute Gasteiger partial charge is 0.341 e. The summed E-state index contributed by atoms with van der Waals surface area (Å²) in [7, 11) is 5.25. The highest BCUT2D eigenvalue weighted by Gasteiger charge is 2.30. The van der Waals surface area contributed by atoms with Crippen molar-refractivity contribution in [1.29, 1.82) is 0 Å². The zero-order valence-corrected chi connectivity index (χ0v) is 31.3. The van der Waals surface area contributed by atoms with E-state index in [9.17, 15) is 19.2 Å². The largest absolute Gasteiger partial charge is 0.465 e. The van der Waals surface area contributed by atoms with Crippen LogP contribution in [-0.4, -0.2) is 44.9 Å². The molecule has 53 heavy (non-hydrogen) atoms. The molecular weight excluding hydrogens is 705 g/mol. The number of ether oxygens (including phenoxy) is 1. The van der Waals surface area contributed by atoms with Crippen LogP contribution in [0.3, 0.4) is 0 Å². The van der Waals surface area contributed by atoms with Crippen molar-refractivity contribution in [2.45, 2.75) is 35.8 Å². The van der Waals surface area contributed by atoms with E-state index in [1.165, 1.54) is 30.2 Å². The molecule has 1 aliphatic carbocycles. The van der Waals surface area contributed by atoms with Crippen molar-refractivity contribution in [2.24, 2.45) is 0 Å². The number of rotatable bonds is 12. The van der Waals surface area contributed by atoms with Crippen LogP contribution in [0, 0.1) is 0 Å². The molecule has 270 valence electrons. The second-order valence-corrected chi connectivity index (χ2v) is 14.9. The Morgan fingerprint density at radius 3 is 2.23 bits per heavy atom. The molecule has 0 spiro atoms. The molecule has 1 unspecified atom stereocenters. The Balaban J connectivity index is 1.25. The van der Waals surface area contributed by atoms with Crippen molar-refractivity contribution in [3.63, 3.8) is 0 Å². The highest BCUT2D eigenvalue weighted by atomic mass is 32.2. The summed E-state index contributed by atoms with van der Waals surface area (Å²) in [6.45, 7) is 0. The second kappa shape index (κ2) is 17.2. The maximum atomic E-state index is 14.1. The normalized spacial score (nSPS) is 12.9. The van der Waals surface area contributed by atoms with Crippen LogP contribution in [0.15, 0.2) is 120 Å². The topological polar surface area (TPSA) is 117 Å².